The van der Waals surface area contributed by atoms with Crippen molar-refractivity contribution in [3.8, 4) is 0 Å². The van der Waals surface area contributed by atoms with Gasteiger partial charge in [0, 0.05) is 17.3 Å². The van der Waals surface area contributed by atoms with Gasteiger partial charge in [-0.1, -0.05) is 6.92 Å². The van der Waals surface area contributed by atoms with Crippen LogP contribution in [0.4, 0.5) is 0 Å². The summed E-state index contributed by atoms with van der Waals surface area (Å²) in [5.41, 5.74) is 0. The third-order valence-electron chi connectivity index (χ3n) is 1.99. The Balaban J connectivity index is 2.17. The highest BCUT2D eigenvalue weighted by atomic mass is 35.7. The molecule has 1 rings (SSSR count). The lowest BCUT2D eigenvalue weighted by Gasteiger charge is -2.13. The minimum Gasteiger partial charge on any atom is -0.379 e. The summed E-state index contributed by atoms with van der Waals surface area (Å²) in [5.74, 6) is -0.111. The van der Waals surface area contributed by atoms with E-state index in [0.29, 0.717) is 13.2 Å². The van der Waals surface area contributed by atoms with Crippen LogP contribution in [-0.4, -0.2) is 40.1 Å². The SMILES string of the molecule is CC(COC1CCOC1)CS(=O)(=O)Cl. The first-order valence-corrected chi connectivity index (χ1v) is 7.07. The Hall–Kier alpha value is 0.160. The maximum absolute atomic E-state index is 10.7. The molecule has 0 bridgehead atoms. The van der Waals surface area contributed by atoms with Crippen LogP contribution >= 0.6 is 10.7 Å². The molecule has 1 aliphatic heterocycles. The van der Waals surface area contributed by atoms with Gasteiger partial charge in [-0.15, -0.1) is 0 Å². The molecule has 6 heteroatoms. The fraction of sp³-hybridized carbons (Fsp3) is 1.00. The number of rotatable bonds is 5. The number of halogens is 1. The van der Waals surface area contributed by atoms with Crippen LogP contribution in [0.25, 0.3) is 0 Å². The van der Waals surface area contributed by atoms with Crippen molar-refractivity contribution >= 4 is 19.7 Å². The molecular formula is C8H15ClO4S. The van der Waals surface area contributed by atoms with E-state index in [1.165, 1.54) is 0 Å². The highest BCUT2D eigenvalue weighted by Crippen LogP contribution is 2.11. The van der Waals surface area contributed by atoms with E-state index in [2.05, 4.69) is 0 Å². The van der Waals surface area contributed by atoms with Crippen molar-refractivity contribution in [2.45, 2.75) is 19.4 Å². The predicted octanol–water partition coefficient (Wildman–Crippen LogP) is 0.997. The molecule has 0 aromatic carbocycles. The van der Waals surface area contributed by atoms with E-state index in [-0.39, 0.29) is 17.8 Å². The molecule has 1 saturated heterocycles. The first kappa shape index (κ1) is 12.2. The van der Waals surface area contributed by atoms with Crippen LogP contribution in [0, 0.1) is 5.92 Å². The van der Waals surface area contributed by atoms with Crippen molar-refractivity contribution in [3.05, 3.63) is 0 Å². The van der Waals surface area contributed by atoms with E-state index in [0.717, 1.165) is 13.0 Å². The molecule has 4 nitrogen and oxygen atoms in total. The van der Waals surface area contributed by atoms with Crippen molar-refractivity contribution in [2.24, 2.45) is 5.92 Å². The van der Waals surface area contributed by atoms with Crippen LogP contribution in [0.2, 0.25) is 0 Å². The Morgan fingerprint density at radius 1 is 1.64 bits per heavy atom. The quantitative estimate of drug-likeness (QED) is 0.675. The third-order valence-corrected chi connectivity index (χ3v) is 3.33. The number of ether oxygens (including phenoxy) is 2. The summed E-state index contributed by atoms with van der Waals surface area (Å²) >= 11 is 0. The van der Waals surface area contributed by atoms with Gasteiger partial charge >= 0.3 is 0 Å². The fourth-order valence-corrected chi connectivity index (χ4v) is 2.75. The molecule has 2 atom stereocenters. The molecular weight excluding hydrogens is 228 g/mol. The van der Waals surface area contributed by atoms with Crippen LogP contribution in [-0.2, 0) is 18.5 Å². The highest BCUT2D eigenvalue weighted by molar-refractivity contribution is 8.13. The smallest absolute Gasteiger partial charge is 0.232 e. The Bertz CT molecular complexity index is 259. The molecule has 0 aromatic rings. The first-order valence-electron chi connectivity index (χ1n) is 4.59. The molecule has 0 aliphatic carbocycles. The van der Waals surface area contributed by atoms with Crippen molar-refractivity contribution in [3.63, 3.8) is 0 Å². The maximum Gasteiger partial charge on any atom is 0.232 e. The zero-order valence-electron chi connectivity index (χ0n) is 8.11. The molecule has 0 radical (unpaired) electrons. The Morgan fingerprint density at radius 3 is 2.86 bits per heavy atom. The molecule has 0 spiro atoms. The lowest BCUT2D eigenvalue weighted by atomic mass is 10.2. The van der Waals surface area contributed by atoms with Crippen LogP contribution in [0.3, 0.4) is 0 Å². The van der Waals surface area contributed by atoms with Crippen LogP contribution < -0.4 is 0 Å². The standard InChI is InChI=1S/C8H15ClO4S/c1-7(6-14(9,10)11)4-13-8-2-3-12-5-8/h7-8H,2-6H2,1H3. The normalized spacial score (nSPS) is 25.1. The van der Waals surface area contributed by atoms with Gasteiger partial charge in [-0.2, -0.15) is 0 Å². The van der Waals surface area contributed by atoms with Gasteiger partial charge in [0.15, 0.2) is 0 Å². The molecule has 1 fully saturated rings. The van der Waals surface area contributed by atoms with E-state index < -0.39 is 9.05 Å². The summed E-state index contributed by atoms with van der Waals surface area (Å²) < 4.78 is 32.0. The summed E-state index contributed by atoms with van der Waals surface area (Å²) in [6, 6.07) is 0. The molecule has 1 aliphatic rings. The fourth-order valence-electron chi connectivity index (χ4n) is 1.33. The van der Waals surface area contributed by atoms with Crippen LogP contribution in [0.15, 0.2) is 0 Å². The molecule has 0 N–H and O–H groups in total. The Morgan fingerprint density at radius 2 is 2.36 bits per heavy atom. The topological polar surface area (TPSA) is 52.6 Å². The Labute approximate surface area is 88.9 Å². The van der Waals surface area contributed by atoms with Crippen LogP contribution in [0.1, 0.15) is 13.3 Å². The number of hydrogen-bond donors (Lipinski definition) is 0. The second-order valence-electron chi connectivity index (χ2n) is 3.63. The molecule has 84 valence electrons. The van der Waals surface area contributed by atoms with Crippen molar-refractivity contribution in [2.75, 3.05) is 25.6 Å². The minimum absolute atomic E-state index is 0.0396. The lowest BCUT2D eigenvalue weighted by Crippen LogP contribution is -2.20. The van der Waals surface area contributed by atoms with Gasteiger partial charge < -0.3 is 9.47 Å². The van der Waals surface area contributed by atoms with E-state index in [4.69, 9.17) is 20.2 Å². The second kappa shape index (κ2) is 5.30. The zero-order valence-corrected chi connectivity index (χ0v) is 9.68. The van der Waals surface area contributed by atoms with Crippen molar-refractivity contribution in [1.29, 1.82) is 0 Å². The molecule has 2 unspecified atom stereocenters. The van der Waals surface area contributed by atoms with Crippen molar-refractivity contribution < 1.29 is 17.9 Å². The summed E-state index contributed by atoms with van der Waals surface area (Å²) in [6.07, 6.45) is 1.01. The van der Waals surface area contributed by atoms with Gasteiger partial charge in [0.05, 0.1) is 25.1 Å². The summed E-state index contributed by atoms with van der Waals surface area (Å²) in [7, 11) is 1.71. The first-order chi connectivity index (χ1) is 6.47. The minimum atomic E-state index is -3.41. The Kier molecular flexibility index (Phi) is 4.63. The lowest BCUT2D eigenvalue weighted by molar-refractivity contribution is 0.0286. The monoisotopic (exact) mass is 242 g/mol. The van der Waals surface area contributed by atoms with Gasteiger partial charge in [-0.25, -0.2) is 8.42 Å². The molecule has 14 heavy (non-hydrogen) atoms. The summed E-state index contributed by atoms with van der Waals surface area (Å²) in [5, 5.41) is 0. The van der Waals surface area contributed by atoms with E-state index >= 15 is 0 Å². The molecule has 0 aromatic heterocycles. The zero-order chi connectivity index (χ0) is 10.6. The maximum atomic E-state index is 10.7. The van der Waals surface area contributed by atoms with Gasteiger partial charge in [-0.05, 0) is 12.3 Å². The van der Waals surface area contributed by atoms with Crippen LogP contribution in [0.5, 0.6) is 0 Å². The van der Waals surface area contributed by atoms with Gasteiger partial charge in [-0.3, -0.25) is 0 Å². The van der Waals surface area contributed by atoms with E-state index in [1.54, 1.807) is 6.92 Å². The highest BCUT2D eigenvalue weighted by Gasteiger charge is 2.19. The second-order valence-corrected chi connectivity index (χ2v) is 6.45. The van der Waals surface area contributed by atoms with Gasteiger partial charge in [0.1, 0.15) is 0 Å². The van der Waals surface area contributed by atoms with Gasteiger partial charge in [0.2, 0.25) is 9.05 Å². The van der Waals surface area contributed by atoms with Gasteiger partial charge in [0.25, 0.3) is 0 Å². The number of hydrogen-bond acceptors (Lipinski definition) is 4. The van der Waals surface area contributed by atoms with E-state index in [1.807, 2.05) is 0 Å². The predicted molar refractivity (Wildman–Crippen MR) is 54.0 cm³/mol. The summed E-state index contributed by atoms with van der Waals surface area (Å²) in [4.78, 5) is 0. The van der Waals surface area contributed by atoms with E-state index in [9.17, 15) is 8.42 Å². The largest absolute Gasteiger partial charge is 0.379 e. The third kappa shape index (κ3) is 5.14. The van der Waals surface area contributed by atoms with Crippen molar-refractivity contribution in [1.82, 2.24) is 0 Å². The summed E-state index contributed by atoms with van der Waals surface area (Å²) in [6.45, 7) is 3.56. The molecule has 1 heterocycles. The molecule has 0 saturated carbocycles. The molecule has 0 amide bonds. The average Bonchev–Trinajstić information content (AvgIpc) is 2.49. The average molecular weight is 243 g/mol.